The Morgan fingerprint density at radius 1 is 1.50 bits per heavy atom. The number of halogens is 1. The van der Waals surface area contributed by atoms with Crippen LogP contribution in [0, 0.1) is 5.92 Å². The molecular formula is C14H11ClO5. The quantitative estimate of drug-likeness (QED) is 0.877. The molecule has 1 aromatic carbocycles. The number of ketones is 1. The van der Waals surface area contributed by atoms with E-state index in [9.17, 15) is 9.59 Å². The molecule has 0 spiro atoms. The minimum atomic E-state index is -1.39. The zero-order chi connectivity index (χ0) is 14.5. The molecule has 0 radical (unpaired) electrons. The minimum Gasteiger partial charge on any atom is -0.479 e. The average molecular weight is 295 g/mol. The molecule has 0 aliphatic heterocycles. The van der Waals surface area contributed by atoms with Crippen molar-refractivity contribution in [1.82, 2.24) is 0 Å². The number of hydrogen-bond donors (Lipinski definition) is 1. The summed E-state index contributed by atoms with van der Waals surface area (Å²) in [7, 11) is 1.30. The summed E-state index contributed by atoms with van der Waals surface area (Å²) in [6, 6.07) is 4.84. The number of hydrogen-bond acceptors (Lipinski definition) is 4. The summed E-state index contributed by atoms with van der Waals surface area (Å²) in [5.41, 5.74) is -0.515. The predicted octanol–water partition coefficient (Wildman–Crippen LogP) is 2.76. The lowest BCUT2D eigenvalue weighted by atomic mass is 10.0. The zero-order valence-corrected chi connectivity index (χ0v) is 11.3. The second kappa shape index (κ2) is 4.33. The number of furan rings is 1. The van der Waals surface area contributed by atoms with Gasteiger partial charge >= 0.3 is 5.97 Å². The number of carboxylic acid groups (broad SMARTS) is 1. The number of carboxylic acids is 1. The second-order valence-electron chi connectivity index (χ2n) is 4.82. The van der Waals surface area contributed by atoms with Crippen molar-refractivity contribution in [2.24, 2.45) is 5.92 Å². The highest BCUT2D eigenvalue weighted by Gasteiger charge is 2.65. The van der Waals surface area contributed by atoms with Gasteiger partial charge in [0.25, 0.3) is 0 Å². The molecule has 0 bridgehead atoms. The molecule has 1 fully saturated rings. The summed E-state index contributed by atoms with van der Waals surface area (Å²) in [6.45, 7) is 0. The van der Waals surface area contributed by atoms with Crippen LogP contribution in [0.5, 0.6) is 0 Å². The Bertz CT molecular complexity index is 719. The standard InChI is InChI=1S/C14H11ClO5/c1-19-14(13(17)18)6-9(14)11(16)8-4-7-2-3-20-12(7)10(15)5-8/h2-5,9H,6H2,1H3,(H,17,18)/t9-,14-/m1/s1. The molecule has 1 aliphatic carbocycles. The second-order valence-corrected chi connectivity index (χ2v) is 5.22. The lowest BCUT2D eigenvalue weighted by molar-refractivity contribution is -0.152. The first-order chi connectivity index (χ1) is 9.49. The molecule has 2 aromatic rings. The lowest BCUT2D eigenvalue weighted by Crippen LogP contribution is -2.29. The molecule has 0 unspecified atom stereocenters. The van der Waals surface area contributed by atoms with Crippen LogP contribution in [0.3, 0.4) is 0 Å². The topological polar surface area (TPSA) is 76.7 Å². The van der Waals surface area contributed by atoms with Crippen LogP contribution in [-0.4, -0.2) is 29.6 Å². The SMILES string of the molecule is CO[C@]1(C(=O)O)C[C@@H]1C(=O)c1cc(Cl)c2occc2c1. The van der Waals surface area contributed by atoms with E-state index in [2.05, 4.69) is 0 Å². The van der Waals surface area contributed by atoms with Gasteiger partial charge < -0.3 is 14.3 Å². The largest absolute Gasteiger partial charge is 0.479 e. The number of benzene rings is 1. The summed E-state index contributed by atoms with van der Waals surface area (Å²) >= 11 is 6.05. The smallest absolute Gasteiger partial charge is 0.336 e. The van der Waals surface area contributed by atoms with Gasteiger partial charge in [0.05, 0.1) is 17.2 Å². The van der Waals surface area contributed by atoms with E-state index in [0.717, 1.165) is 0 Å². The van der Waals surface area contributed by atoms with Crippen LogP contribution in [0.1, 0.15) is 16.8 Å². The van der Waals surface area contributed by atoms with Gasteiger partial charge in [0.2, 0.25) is 0 Å². The Morgan fingerprint density at radius 2 is 2.25 bits per heavy atom. The molecule has 104 valence electrons. The molecule has 0 saturated heterocycles. The maximum absolute atomic E-state index is 12.4. The highest BCUT2D eigenvalue weighted by molar-refractivity contribution is 6.35. The number of ether oxygens (including phenoxy) is 1. The highest BCUT2D eigenvalue weighted by Crippen LogP contribution is 2.49. The minimum absolute atomic E-state index is 0.179. The van der Waals surface area contributed by atoms with Gasteiger partial charge in [0, 0.05) is 24.5 Å². The van der Waals surface area contributed by atoms with Gasteiger partial charge in [0.1, 0.15) is 0 Å². The Labute approximate surface area is 119 Å². The molecule has 1 saturated carbocycles. The van der Waals surface area contributed by atoms with Crippen LogP contribution in [0.15, 0.2) is 28.9 Å². The van der Waals surface area contributed by atoms with Gasteiger partial charge in [-0.3, -0.25) is 4.79 Å². The van der Waals surface area contributed by atoms with Crippen LogP contribution in [0.2, 0.25) is 5.02 Å². The molecule has 20 heavy (non-hydrogen) atoms. The Hall–Kier alpha value is -1.85. The Kier molecular flexibility index (Phi) is 2.84. The normalized spacial score (nSPS) is 24.8. The van der Waals surface area contributed by atoms with Crippen molar-refractivity contribution in [2.75, 3.05) is 7.11 Å². The van der Waals surface area contributed by atoms with Gasteiger partial charge in [-0.05, 0) is 18.2 Å². The molecule has 6 heteroatoms. The van der Waals surface area contributed by atoms with Gasteiger partial charge in [-0.1, -0.05) is 11.6 Å². The van der Waals surface area contributed by atoms with E-state index >= 15 is 0 Å². The fourth-order valence-electron chi connectivity index (χ4n) is 2.48. The molecule has 2 atom stereocenters. The van der Waals surface area contributed by atoms with Crippen LogP contribution < -0.4 is 0 Å². The molecule has 1 aromatic heterocycles. The van der Waals surface area contributed by atoms with Crippen LogP contribution >= 0.6 is 11.6 Å². The van der Waals surface area contributed by atoms with E-state index < -0.39 is 17.5 Å². The molecule has 1 N–H and O–H groups in total. The number of fused-ring (bicyclic) bond motifs is 1. The molecule has 0 amide bonds. The van der Waals surface area contributed by atoms with Crippen molar-refractivity contribution in [3.63, 3.8) is 0 Å². The maximum Gasteiger partial charge on any atom is 0.336 e. The average Bonchev–Trinajstić information content (AvgIpc) is 2.99. The van der Waals surface area contributed by atoms with Crippen LogP contribution in [0.25, 0.3) is 11.0 Å². The molecule has 1 aliphatic rings. The van der Waals surface area contributed by atoms with Gasteiger partial charge in [0.15, 0.2) is 17.0 Å². The summed E-state index contributed by atoms with van der Waals surface area (Å²) in [4.78, 5) is 23.6. The van der Waals surface area contributed by atoms with E-state index in [4.69, 9.17) is 25.9 Å². The fourth-order valence-corrected chi connectivity index (χ4v) is 2.75. The first-order valence-corrected chi connectivity index (χ1v) is 6.37. The predicted molar refractivity (Wildman–Crippen MR) is 71.0 cm³/mol. The summed E-state index contributed by atoms with van der Waals surface area (Å²) in [6.07, 6.45) is 1.66. The number of carbonyl (C=O) groups excluding carboxylic acids is 1. The van der Waals surface area contributed by atoms with Crippen molar-refractivity contribution >= 4 is 34.3 Å². The number of carbonyl (C=O) groups is 2. The van der Waals surface area contributed by atoms with Gasteiger partial charge in [-0.25, -0.2) is 4.79 Å². The highest BCUT2D eigenvalue weighted by atomic mass is 35.5. The maximum atomic E-state index is 12.4. The van der Waals surface area contributed by atoms with Crippen molar-refractivity contribution < 1.29 is 23.8 Å². The third kappa shape index (κ3) is 1.74. The number of rotatable bonds is 4. The molecule has 3 rings (SSSR count). The van der Waals surface area contributed by atoms with Crippen molar-refractivity contribution in [3.8, 4) is 0 Å². The molecule has 1 heterocycles. The van der Waals surface area contributed by atoms with Crippen LogP contribution in [0.4, 0.5) is 0 Å². The van der Waals surface area contributed by atoms with Crippen molar-refractivity contribution in [2.45, 2.75) is 12.0 Å². The van der Waals surface area contributed by atoms with Crippen LogP contribution in [-0.2, 0) is 9.53 Å². The Morgan fingerprint density at radius 3 is 2.85 bits per heavy atom. The number of Topliss-reactive ketones (excluding diaryl/α,β-unsaturated/α-hetero) is 1. The van der Waals surface area contributed by atoms with Crippen molar-refractivity contribution in [1.29, 1.82) is 0 Å². The first-order valence-electron chi connectivity index (χ1n) is 5.99. The number of methoxy groups -OCH3 is 1. The third-order valence-electron chi connectivity index (χ3n) is 3.74. The lowest BCUT2D eigenvalue weighted by Gasteiger charge is -2.09. The van der Waals surface area contributed by atoms with Gasteiger partial charge in [-0.15, -0.1) is 0 Å². The van der Waals surface area contributed by atoms with E-state index in [1.165, 1.54) is 19.4 Å². The third-order valence-corrected chi connectivity index (χ3v) is 4.02. The van der Waals surface area contributed by atoms with E-state index in [1.54, 1.807) is 12.1 Å². The zero-order valence-electron chi connectivity index (χ0n) is 10.6. The van der Waals surface area contributed by atoms with E-state index in [0.29, 0.717) is 21.6 Å². The summed E-state index contributed by atoms with van der Waals surface area (Å²) in [5.74, 6) is -2.07. The molecular weight excluding hydrogens is 284 g/mol. The monoisotopic (exact) mass is 294 g/mol. The van der Waals surface area contributed by atoms with E-state index in [-0.39, 0.29) is 12.2 Å². The van der Waals surface area contributed by atoms with E-state index in [1.807, 2.05) is 0 Å². The Balaban J connectivity index is 1.96. The number of aliphatic carboxylic acids is 1. The van der Waals surface area contributed by atoms with Gasteiger partial charge in [-0.2, -0.15) is 0 Å². The first kappa shape index (κ1) is 13.1. The van der Waals surface area contributed by atoms with Crippen molar-refractivity contribution in [3.05, 3.63) is 35.0 Å². The fraction of sp³-hybridized carbons (Fsp3) is 0.286. The summed E-state index contributed by atoms with van der Waals surface area (Å²) < 4.78 is 10.2. The molecule has 5 nitrogen and oxygen atoms in total. The summed E-state index contributed by atoms with van der Waals surface area (Å²) in [5, 5.41) is 10.2.